The first kappa shape index (κ1) is 20.9. The lowest BCUT2D eigenvalue weighted by atomic mass is 10.2. The van der Waals surface area contributed by atoms with Gasteiger partial charge in [-0.1, -0.05) is 42.4 Å². The minimum atomic E-state index is -0.332. The number of aryl methyl sites for hydroxylation is 1. The number of H-pyrrole nitrogens is 1. The Hall–Kier alpha value is -2.36. The molecule has 10 heteroatoms. The molecule has 0 spiro atoms. The zero-order valence-electron chi connectivity index (χ0n) is 16.8. The number of aromatic amines is 1. The van der Waals surface area contributed by atoms with Crippen molar-refractivity contribution in [2.45, 2.75) is 30.7 Å². The van der Waals surface area contributed by atoms with Gasteiger partial charge in [0.25, 0.3) is 0 Å². The van der Waals surface area contributed by atoms with E-state index in [0.29, 0.717) is 59.6 Å². The Bertz CT molecular complexity index is 1140. The highest BCUT2D eigenvalue weighted by atomic mass is 35.5. The van der Waals surface area contributed by atoms with Crippen LogP contribution in [0.15, 0.2) is 29.4 Å². The summed E-state index contributed by atoms with van der Waals surface area (Å²) >= 11 is 7.81. The van der Waals surface area contributed by atoms with E-state index in [1.165, 1.54) is 11.8 Å². The van der Waals surface area contributed by atoms with Gasteiger partial charge in [0.1, 0.15) is 5.49 Å². The molecule has 1 aliphatic rings. The second kappa shape index (κ2) is 8.79. The number of hydrogen-bond acceptors (Lipinski definition) is 6. The maximum atomic E-state index is 13.1. The SMILES string of the molecule is CCC(Sc1nc2n[nH]c(C)c2c(=N)n1-c1ccccc1Cl)C(=O)N1CCOCC1. The number of fused-ring (bicyclic) bond motifs is 1. The summed E-state index contributed by atoms with van der Waals surface area (Å²) in [6, 6.07) is 7.33. The van der Waals surface area contributed by atoms with Crippen LogP contribution in [-0.4, -0.2) is 62.1 Å². The van der Waals surface area contributed by atoms with E-state index in [2.05, 4.69) is 10.2 Å². The van der Waals surface area contributed by atoms with Crippen LogP contribution in [0.3, 0.4) is 0 Å². The number of carbonyl (C=O) groups excluding carboxylic acids is 1. The van der Waals surface area contributed by atoms with Crippen molar-refractivity contribution in [3.8, 4) is 5.69 Å². The van der Waals surface area contributed by atoms with Crippen molar-refractivity contribution < 1.29 is 9.53 Å². The summed E-state index contributed by atoms with van der Waals surface area (Å²) in [5, 5.41) is 17.3. The van der Waals surface area contributed by atoms with Crippen LogP contribution >= 0.6 is 23.4 Å². The summed E-state index contributed by atoms with van der Waals surface area (Å²) in [5.74, 6) is 0.0585. The Kier molecular flexibility index (Phi) is 6.12. The van der Waals surface area contributed by atoms with E-state index in [1.807, 2.05) is 36.9 Å². The molecular formula is C20H23ClN6O2S. The lowest BCUT2D eigenvalue weighted by Crippen LogP contribution is -2.44. The second-order valence-electron chi connectivity index (χ2n) is 7.03. The third kappa shape index (κ3) is 3.84. The quantitative estimate of drug-likeness (QED) is 0.463. The topological polar surface area (TPSA) is 99.9 Å². The lowest BCUT2D eigenvalue weighted by molar-refractivity contribution is -0.134. The summed E-state index contributed by atoms with van der Waals surface area (Å²) < 4.78 is 7.07. The molecule has 1 unspecified atom stereocenters. The minimum absolute atomic E-state index is 0.0585. The van der Waals surface area contributed by atoms with E-state index in [9.17, 15) is 4.79 Å². The van der Waals surface area contributed by atoms with E-state index in [1.54, 1.807) is 10.6 Å². The number of amides is 1. The molecule has 158 valence electrons. The maximum absolute atomic E-state index is 13.1. The number of aromatic nitrogens is 4. The molecule has 30 heavy (non-hydrogen) atoms. The van der Waals surface area contributed by atoms with Crippen LogP contribution in [0.4, 0.5) is 0 Å². The Morgan fingerprint density at radius 3 is 2.80 bits per heavy atom. The number of thioether (sulfide) groups is 1. The number of ether oxygens (including phenoxy) is 1. The van der Waals surface area contributed by atoms with Crippen LogP contribution in [0.5, 0.6) is 0 Å². The fourth-order valence-corrected chi connectivity index (χ4v) is 4.81. The number of carbonyl (C=O) groups is 1. The smallest absolute Gasteiger partial charge is 0.236 e. The molecule has 2 aromatic heterocycles. The largest absolute Gasteiger partial charge is 0.378 e. The average Bonchev–Trinajstić information content (AvgIpc) is 3.14. The van der Waals surface area contributed by atoms with E-state index in [4.69, 9.17) is 26.7 Å². The predicted octanol–water partition coefficient (Wildman–Crippen LogP) is 2.92. The molecule has 1 amide bonds. The molecule has 4 rings (SSSR count). The first-order valence-corrected chi connectivity index (χ1v) is 11.1. The molecule has 2 N–H and O–H groups in total. The molecule has 0 saturated carbocycles. The number of halogens is 1. The normalized spacial score (nSPS) is 15.5. The van der Waals surface area contributed by atoms with Crippen molar-refractivity contribution in [3.05, 3.63) is 40.5 Å². The Morgan fingerprint density at radius 1 is 1.37 bits per heavy atom. The fourth-order valence-electron chi connectivity index (χ4n) is 3.49. The van der Waals surface area contributed by atoms with E-state index in [0.717, 1.165) is 5.69 Å². The first-order valence-electron chi connectivity index (χ1n) is 9.81. The van der Waals surface area contributed by atoms with Gasteiger partial charge in [-0.15, -0.1) is 0 Å². The van der Waals surface area contributed by atoms with Crippen LogP contribution in [0, 0.1) is 12.3 Å². The number of hydrogen-bond donors (Lipinski definition) is 2. The van der Waals surface area contributed by atoms with Crippen LogP contribution in [0.1, 0.15) is 19.0 Å². The summed E-state index contributed by atoms with van der Waals surface area (Å²) in [6.45, 7) is 6.13. The highest BCUT2D eigenvalue weighted by Crippen LogP contribution is 2.30. The van der Waals surface area contributed by atoms with Crippen molar-refractivity contribution >= 4 is 40.3 Å². The van der Waals surface area contributed by atoms with Crippen LogP contribution in [0.25, 0.3) is 16.7 Å². The molecular weight excluding hydrogens is 424 g/mol. The Balaban J connectivity index is 1.81. The van der Waals surface area contributed by atoms with Gasteiger partial charge in [0, 0.05) is 18.8 Å². The van der Waals surface area contributed by atoms with Crippen molar-refractivity contribution in [2.24, 2.45) is 0 Å². The molecule has 1 atom stereocenters. The standard InChI is InChI=1S/C20H23ClN6O2S/c1-3-15(19(28)26-8-10-29-11-9-26)30-20-23-18-16(12(2)24-25-18)17(22)27(20)14-7-5-4-6-13(14)21/h4-7,15,22H,3,8-11H2,1-2H3,(H,24,25). The molecule has 1 fully saturated rings. The third-order valence-electron chi connectivity index (χ3n) is 5.09. The Morgan fingerprint density at radius 2 is 2.10 bits per heavy atom. The first-order chi connectivity index (χ1) is 14.5. The van der Waals surface area contributed by atoms with Gasteiger partial charge in [-0.2, -0.15) is 5.10 Å². The van der Waals surface area contributed by atoms with Crippen molar-refractivity contribution in [3.63, 3.8) is 0 Å². The van der Waals surface area contributed by atoms with Gasteiger partial charge in [0.2, 0.25) is 5.91 Å². The van der Waals surface area contributed by atoms with Gasteiger partial charge in [-0.05, 0) is 25.5 Å². The van der Waals surface area contributed by atoms with Gasteiger partial charge in [-0.3, -0.25) is 19.9 Å². The van der Waals surface area contributed by atoms with Gasteiger partial charge in [-0.25, -0.2) is 4.98 Å². The van der Waals surface area contributed by atoms with Gasteiger partial charge < -0.3 is 9.64 Å². The molecule has 1 aromatic carbocycles. The zero-order chi connectivity index (χ0) is 21.3. The monoisotopic (exact) mass is 446 g/mol. The number of nitrogens with zero attached hydrogens (tertiary/aromatic N) is 4. The number of rotatable bonds is 5. The van der Waals surface area contributed by atoms with E-state index < -0.39 is 0 Å². The van der Waals surface area contributed by atoms with Crippen molar-refractivity contribution in [1.29, 1.82) is 5.41 Å². The second-order valence-corrected chi connectivity index (χ2v) is 8.61. The van der Waals surface area contributed by atoms with Crippen molar-refractivity contribution in [2.75, 3.05) is 26.3 Å². The fraction of sp³-hybridized carbons (Fsp3) is 0.400. The average molecular weight is 447 g/mol. The number of benzene rings is 1. The minimum Gasteiger partial charge on any atom is -0.378 e. The molecule has 0 bridgehead atoms. The van der Waals surface area contributed by atoms with Crippen molar-refractivity contribution in [1.82, 2.24) is 24.6 Å². The molecule has 1 saturated heterocycles. The number of nitrogens with one attached hydrogen (secondary N) is 2. The molecule has 3 aromatic rings. The highest BCUT2D eigenvalue weighted by molar-refractivity contribution is 8.00. The summed E-state index contributed by atoms with van der Waals surface area (Å²) in [7, 11) is 0. The van der Waals surface area contributed by atoms with Crippen LogP contribution in [0.2, 0.25) is 5.02 Å². The molecule has 8 nitrogen and oxygen atoms in total. The van der Waals surface area contributed by atoms with Crippen LogP contribution < -0.4 is 5.49 Å². The molecule has 0 aliphatic carbocycles. The summed E-state index contributed by atoms with van der Waals surface area (Å²) in [4.78, 5) is 19.7. The van der Waals surface area contributed by atoms with E-state index in [-0.39, 0.29) is 16.6 Å². The summed E-state index contributed by atoms with van der Waals surface area (Å²) in [5.41, 5.74) is 2.10. The molecule has 3 heterocycles. The summed E-state index contributed by atoms with van der Waals surface area (Å²) in [6.07, 6.45) is 0.635. The Labute approximate surface area is 183 Å². The highest BCUT2D eigenvalue weighted by Gasteiger charge is 2.28. The van der Waals surface area contributed by atoms with E-state index >= 15 is 0 Å². The lowest BCUT2D eigenvalue weighted by Gasteiger charge is -2.30. The van der Waals surface area contributed by atoms with Gasteiger partial charge >= 0.3 is 0 Å². The van der Waals surface area contributed by atoms with Gasteiger partial charge in [0.15, 0.2) is 10.8 Å². The van der Waals surface area contributed by atoms with Gasteiger partial charge in [0.05, 0.1) is 34.6 Å². The number of para-hydroxylation sites is 1. The zero-order valence-corrected chi connectivity index (χ0v) is 18.4. The third-order valence-corrected chi connectivity index (χ3v) is 6.72. The maximum Gasteiger partial charge on any atom is 0.236 e. The van der Waals surface area contributed by atoms with Crippen LogP contribution in [-0.2, 0) is 9.53 Å². The predicted molar refractivity (Wildman–Crippen MR) is 116 cm³/mol. The molecule has 0 radical (unpaired) electrons. The number of morpholine rings is 1. The molecule has 1 aliphatic heterocycles.